The fraction of sp³-hybridized carbons (Fsp3) is 0.500. The van der Waals surface area contributed by atoms with Gasteiger partial charge in [-0.15, -0.1) is 0 Å². The third kappa shape index (κ3) is 3.35. The van der Waals surface area contributed by atoms with Gasteiger partial charge in [0.05, 0.1) is 17.7 Å². The summed E-state index contributed by atoms with van der Waals surface area (Å²) in [6.45, 7) is 1.95. The van der Waals surface area contributed by atoms with E-state index >= 15 is 0 Å². The van der Waals surface area contributed by atoms with Gasteiger partial charge in [0.15, 0.2) is 0 Å². The molecule has 3 heteroatoms. The number of alkyl halides is 1. The van der Waals surface area contributed by atoms with Crippen LogP contribution in [0.4, 0.5) is 0 Å². The van der Waals surface area contributed by atoms with Crippen LogP contribution in [0.15, 0.2) is 18.2 Å². The van der Waals surface area contributed by atoms with Gasteiger partial charge in [-0.05, 0) is 56.4 Å². The smallest absolute Gasteiger partial charge is 0.120 e. The molecule has 0 saturated heterocycles. The summed E-state index contributed by atoms with van der Waals surface area (Å²) in [6, 6.07) is 7.89. The van der Waals surface area contributed by atoms with E-state index in [4.69, 9.17) is 10.00 Å². The zero-order valence-corrected chi connectivity index (χ0v) is 12.1. The molecule has 1 aliphatic rings. The molecule has 0 atom stereocenters. The van der Waals surface area contributed by atoms with E-state index in [9.17, 15) is 0 Å². The molecule has 0 unspecified atom stereocenters. The highest BCUT2D eigenvalue weighted by Gasteiger charge is 2.20. The minimum Gasteiger partial charge on any atom is -0.490 e. The summed E-state index contributed by atoms with van der Waals surface area (Å²) in [5.41, 5.74) is 1.72. The number of halogens is 1. The summed E-state index contributed by atoms with van der Waals surface area (Å²) in [4.78, 5) is 0. The molecule has 0 aliphatic heterocycles. The highest BCUT2D eigenvalue weighted by molar-refractivity contribution is 14.1. The van der Waals surface area contributed by atoms with Crippen molar-refractivity contribution in [2.75, 3.05) is 0 Å². The molecule has 2 rings (SSSR count). The molecule has 0 N–H and O–H groups in total. The maximum absolute atomic E-state index is 8.87. The van der Waals surface area contributed by atoms with Crippen molar-refractivity contribution in [2.45, 2.75) is 42.6 Å². The number of benzene rings is 1. The normalized spacial score (nSPS) is 24.1. The first-order chi connectivity index (χ1) is 8.19. The Morgan fingerprint density at radius 2 is 2.00 bits per heavy atom. The van der Waals surface area contributed by atoms with Crippen LogP contribution in [0.2, 0.25) is 0 Å². The molecule has 2 nitrogen and oxygen atoms in total. The van der Waals surface area contributed by atoms with E-state index in [0.29, 0.717) is 6.10 Å². The van der Waals surface area contributed by atoms with Gasteiger partial charge in [-0.3, -0.25) is 0 Å². The molecule has 1 fully saturated rings. The van der Waals surface area contributed by atoms with Crippen LogP contribution in [-0.2, 0) is 0 Å². The van der Waals surface area contributed by atoms with Gasteiger partial charge in [-0.25, -0.2) is 0 Å². The van der Waals surface area contributed by atoms with Crippen LogP contribution in [-0.4, -0.2) is 10.0 Å². The molecule has 17 heavy (non-hydrogen) atoms. The van der Waals surface area contributed by atoms with Gasteiger partial charge >= 0.3 is 0 Å². The average Bonchev–Trinajstić information content (AvgIpc) is 2.32. The summed E-state index contributed by atoms with van der Waals surface area (Å²) in [5.74, 6) is 0.901. The summed E-state index contributed by atoms with van der Waals surface area (Å²) < 4.78 is 6.79. The Morgan fingerprint density at radius 1 is 1.29 bits per heavy atom. The largest absolute Gasteiger partial charge is 0.490 e. The van der Waals surface area contributed by atoms with Crippen molar-refractivity contribution >= 4 is 22.6 Å². The van der Waals surface area contributed by atoms with E-state index in [0.717, 1.165) is 33.6 Å². The van der Waals surface area contributed by atoms with Gasteiger partial charge in [0.2, 0.25) is 0 Å². The highest BCUT2D eigenvalue weighted by Crippen LogP contribution is 2.28. The van der Waals surface area contributed by atoms with Crippen LogP contribution >= 0.6 is 22.6 Å². The Morgan fingerprint density at radius 3 is 2.59 bits per heavy atom. The van der Waals surface area contributed by atoms with Crippen molar-refractivity contribution in [1.82, 2.24) is 0 Å². The van der Waals surface area contributed by atoms with E-state index in [1.54, 1.807) is 0 Å². The van der Waals surface area contributed by atoms with E-state index in [1.165, 1.54) is 12.8 Å². The summed E-state index contributed by atoms with van der Waals surface area (Å²) in [5, 5.41) is 8.87. The first-order valence-electron chi connectivity index (χ1n) is 6.00. The van der Waals surface area contributed by atoms with Gasteiger partial charge < -0.3 is 4.74 Å². The molecule has 0 spiro atoms. The Kier molecular flexibility index (Phi) is 4.27. The molecule has 1 aromatic rings. The molecule has 0 aromatic heterocycles. The molecular weight excluding hydrogens is 325 g/mol. The van der Waals surface area contributed by atoms with Crippen LogP contribution in [0, 0.1) is 18.3 Å². The Bertz CT molecular complexity index is 430. The van der Waals surface area contributed by atoms with Crippen molar-refractivity contribution in [3.05, 3.63) is 29.3 Å². The number of nitrogens with zero attached hydrogens (tertiary/aromatic N) is 1. The van der Waals surface area contributed by atoms with Crippen LogP contribution in [0.25, 0.3) is 0 Å². The van der Waals surface area contributed by atoms with Crippen LogP contribution in [0.1, 0.15) is 36.8 Å². The molecular formula is C14H16INO. The van der Waals surface area contributed by atoms with Gasteiger partial charge in [-0.2, -0.15) is 5.26 Å². The second-order valence-corrected chi connectivity index (χ2v) is 6.34. The lowest BCUT2D eigenvalue weighted by Crippen LogP contribution is -2.24. The number of rotatable bonds is 2. The topological polar surface area (TPSA) is 33.0 Å². The molecule has 0 amide bonds. The quantitative estimate of drug-likeness (QED) is 0.602. The van der Waals surface area contributed by atoms with Crippen molar-refractivity contribution in [3.8, 4) is 11.8 Å². The first-order valence-corrected chi connectivity index (χ1v) is 7.25. The van der Waals surface area contributed by atoms with Gasteiger partial charge in [0, 0.05) is 3.92 Å². The van der Waals surface area contributed by atoms with Gasteiger partial charge in [0.25, 0.3) is 0 Å². The van der Waals surface area contributed by atoms with Gasteiger partial charge in [-0.1, -0.05) is 22.6 Å². The fourth-order valence-corrected chi connectivity index (χ4v) is 2.89. The molecule has 1 aliphatic carbocycles. The zero-order chi connectivity index (χ0) is 12.3. The van der Waals surface area contributed by atoms with E-state index < -0.39 is 0 Å². The number of nitriles is 1. The molecule has 1 saturated carbocycles. The fourth-order valence-electron chi connectivity index (χ4n) is 2.17. The van der Waals surface area contributed by atoms with Crippen molar-refractivity contribution in [1.29, 1.82) is 5.26 Å². The summed E-state index contributed by atoms with van der Waals surface area (Å²) in [6.07, 6.45) is 5.15. The Hall–Kier alpha value is -0.760. The minimum atomic E-state index is 0.355. The molecule has 90 valence electrons. The SMILES string of the molecule is Cc1cc(OC2CCC(I)CC2)ccc1C#N. The zero-order valence-electron chi connectivity index (χ0n) is 9.95. The maximum atomic E-state index is 8.87. The first kappa shape index (κ1) is 12.7. The lowest BCUT2D eigenvalue weighted by atomic mass is 9.97. The third-order valence-corrected chi connectivity index (χ3v) is 4.47. The van der Waals surface area contributed by atoms with Crippen LogP contribution in [0.3, 0.4) is 0 Å². The number of hydrogen-bond donors (Lipinski definition) is 0. The maximum Gasteiger partial charge on any atom is 0.120 e. The minimum absolute atomic E-state index is 0.355. The number of ether oxygens (including phenoxy) is 1. The van der Waals surface area contributed by atoms with E-state index in [2.05, 4.69) is 28.7 Å². The van der Waals surface area contributed by atoms with Crippen LogP contribution < -0.4 is 4.74 Å². The van der Waals surface area contributed by atoms with Gasteiger partial charge in [0.1, 0.15) is 5.75 Å². The van der Waals surface area contributed by atoms with Crippen molar-refractivity contribution < 1.29 is 4.74 Å². The standard InChI is InChI=1S/C14H16INO/c1-10-8-14(5-2-11(10)9-16)17-13-6-3-12(15)4-7-13/h2,5,8,12-13H,3-4,6-7H2,1H3. The second-order valence-electron chi connectivity index (χ2n) is 4.58. The average molecular weight is 341 g/mol. The third-order valence-electron chi connectivity index (χ3n) is 3.22. The molecule has 1 aromatic carbocycles. The molecule has 0 bridgehead atoms. The predicted octanol–water partition coefficient (Wildman–Crippen LogP) is 3.99. The lowest BCUT2D eigenvalue weighted by Gasteiger charge is -2.26. The predicted molar refractivity (Wildman–Crippen MR) is 76.6 cm³/mol. The summed E-state index contributed by atoms with van der Waals surface area (Å²) in [7, 11) is 0. The summed E-state index contributed by atoms with van der Waals surface area (Å²) >= 11 is 2.52. The van der Waals surface area contributed by atoms with E-state index in [1.807, 2.05) is 25.1 Å². The van der Waals surface area contributed by atoms with Crippen molar-refractivity contribution in [2.24, 2.45) is 0 Å². The number of aryl methyl sites for hydroxylation is 1. The lowest BCUT2D eigenvalue weighted by molar-refractivity contribution is 0.158. The number of hydrogen-bond acceptors (Lipinski definition) is 2. The Labute approximate surface area is 116 Å². The Balaban J connectivity index is 2.00. The highest BCUT2D eigenvalue weighted by atomic mass is 127. The second kappa shape index (κ2) is 5.72. The van der Waals surface area contributed by atoms with E-state index in [-0.39, 0.29) is 0 Å². The van der Waals surface area contributed by atoms with Crippen molar-refractivity contribution in [3.63, 3.8) is 0 Å². The monoisotopic (exact) mass is 341 g/mol. The molecule has 0 heterocycles. The molecule has 0 radical (unpaired) electrons. The van der Waals surface area contributed by atoms with Crippen LogP contribution in [0.5, 0.6) is 5.75 Å².